The smallest absolute Gasteiger partial charge is 0.256 e. The molecule has 0 bridgehead atoms. The van der Waals surface area contributed by atoms with Crippen LogP contribution in [0.3, 0.4) is 0 Å². The Balaban J connectivity index is 1.67. The quantitative estimate of drug-likeness (QED) is 0.668. The summed E-state index contributed by atoms with van der Waals surface area (Å²) in [5.41, 5.74) is 1.55. The molecule has 0 N–H and O–H groups in total. The number of pyridine rings is 1. The van der Waals surface area contributed by atoms with Gasteiger partial charge in [0.05, 0.1) is 11.6 Å². The fourth-order valence-corrected chi connectivity index (χ4v) is 3.06. The average Bonchev–Trinajstić information content (AvgIpc) is 3.38. The molecule has 3 aromatic rings. The number of amides is 1. The SMILES string of the molecule is Cc1cncc(C(=O)N(CC2CC2)C(C)c2ncnn2-c2ncccn2)c1. The minimum Gasteiger partial charge on any atom is -0.328 e. The topological polar surface area (TPSA) is 89.7 Å². The van der Waals surface area contributed by atoms with Crippen LogP contribution >= 0.6 is 0 Å². The van der Waals surface area contributed by atoms with Gasteiger partial charge in [-0.1, -0.05) is 0 Å². The Bertz CT molecular complexity index is 936. The number of carbonyl (C=O) groups is 1. The predicted octanol–water partition coefficient (Wildman–Crippen LogP) is 2.37. The second-order valence-corrected chi connectivity index (χ2v) is 6.91. The van der Waals surface area contributed by atoms with Crippen LogP contribution in [0, 0.1) is 12.8 Å². The molecule has 8 nitrogen and oxygen atoms in total. The largest absolute Gasteiger partial charge is 0.328 e. The van der Waals surface area contributed by atoms with Crippen LogP contribution in [0.2, 0.25) is 0 Å². The highest BCUT2D eigenvalue weighted by Crippen LogP contribution is 2.33. The van der Waals surface area contributed by atoms with E-state index in [1.807, 2.05) is 24.8 Å². The van der Waals surface area contributed by atoms with Crippen molar-refractivity contribution in [1.82, 2.24) is 34.6 Å². The van der Waals surface area contributed by atoms with Crippen LogP contribution in [0.25, 0.3) is 5.95 Å². The highest BCUT2D eigenvalue weighted by atomic mass is 16.2. The van der Waals surface area contributed by atoms with Crippen LogP contribution in [0.4, 0.5) is 0 Å². The maximum absolute atomic E-state index is 13.2. The molecule has 138 valence electrons. The highest BCUT2D eigenvalue weighted by Gasteiger charge is 2.33. The second kappa shape index (κ2) is 7.22. The summed E-state index contributed by atoms with van der Waals surface area (Å²) in [5.74, 6) is 1.57. The molecule has 0 aromatic carbocycles. The first kappa shape index (κ1) is 17.3. The van der Waals surface area contributed by atoms with Crippen LogP contribution < -0.4 is 0 Å². The molecule has 1 atom stereocenters. The van der Waals surface area contributed by atoms with Gasteiger partial charge in [0.1, 0.15) is 6.33 Å². The highest BCUT2D eigenvalue weighted by molar-refractivity contribution is 5.94. The number of carbonyl (C=O) groups excluding carboxylic acids is 1. The van der Waals surface area contributed by atoms with Crippen LogP contribution in [0.15, 0.2) is 43.2 Å². The summed E-state index contributed by atoms with van der Waals surface area (Å²) in [6, 6.07) is 3.34. The fourth-order valence-electron chi connectivity index (χ4n) is 3.06. The van der Waals surface area contributed by atoms with Crippen molar-refractivity contribution in [3.63, 3.8) is 0 Å². The zero-order valence-corrected chi connectivity index (χ0v) is 15.4. The zero-order chi connectivity index (χ0) is 18.8. The molecule has 1 amide bonds. The molecule has 0 radical (unpaired) electrons. The maximum Gasteiger partial charge on any atom is 0.256 e. The van der Waals surface area contributed by atoms with Gasteiger partial charge in [0, 0.05) is 31.3 Å². The molecule has 1 saturated carbocycles. The number of rotatable bonds is 6. The summed E-state index contributed by atoms with van der Waals surface area (Å²) in [4.78, 5) is 32.2. The van der Waals surface area contributed by atoms with Crippen molar-refractivity contribution in [3.05, 3.63) is 60.2 Å². The van der Waals surface area contributed by atoms with Gasteiger partial charge in [-0.3, -0.25) is 9.78 Å². The van der Waals surface area contributed by atoms with E-state index in [9.17, 15) is 4.79 Å². The van der Waals surface area contributed by atoms with E-state index in [0.29, 0.717) is 29.8 Å². The Hall–Kier alpha value is -3.16. The molecule has 1 aliphatic carbocycles. The lowest BCUT2D eigenvalue weighted by molar-refractivity contribution is 0.0670. The van der Waals surface area contributed by atoms with Gasteiger partial charge in [0.25, 0.3) is 11.9 Å². The predicted molar refractivity (Wildman–Crippen MR) is 98.1 cm³/mol. The van der Waals surface area contributed by atoms with Gasteiger partial charge in [0.15, 0.2) is 5.82 Å². The van der Waals surface area contributed by atoms with Crippen LogP contribution in [0.1, 0.15) is 47.6 Å². The molecule has 8 heteroatoms. The van der Waals surface area contributed by atoms with Crippen molar-refractivity contribution < 1.29 is 4.79 Å². The van der Waals surface area contributed by atoms with Crippen molar-refractivity contribution in [2.75, 3.05) is 6.54 Å². The monoisotopic (exact) mass is 363 g/mol. The average molecular weight is 363 g/mol. The van der Waals surface area contributed by atoms with Gasteiger partial charge in [0.2, 0.25) is 0 Å². The third-order valence-corrected chi connectivity index (χ3v) is 4.69. The molecule has 1 fully saturated rings. The van der Waals surface area contributed by atoms with Crippen LogP contribution in [-0.4, -0.2) is 47.1 Å². The molecule has 0 spiro atoms. The van der Waals surface area contributed by atoms with Crippen LogP contribution in [0.5, 0.6) is 0 Å². The summed E-state index contributed by atoms with van der Waals surface area (Å²) in [5, 5.41) is 4.26. The number of aryl methyl sites for hydroxylation is 1. The van der Waals surface area contributed by atoms with Crippen molar-refractivity contribution in [2.24, 2.45) is 5.92 Å². The number of nitrogens with zero attached hydrogens (tertiary/aromatic N) is 7. The number of hydrogen-bond donors (Lipinski definition) is 0. The first-order valence-electron chi connectivity index (χ1n) is 9.03. The third-order valence-electron chi connectivity index (χ3n) is 4.69. The number of hydrogen-bond acceptors (Lipinski definition) is 6. The second-order valence-electron chi connectivity index (χ2n) is 6.91. The molecule has 0 aliphatic heterocycles. The molecule has 0 saturated heterocycles. The minimum absolute atomic E-state index is 0.0471. The van der Waals surface area contributed by atoms with E-state index in [4.69, 9.17) is 0 Å². The Labute approximate surface area is 157 Å². The summed E-state index contributed by atoms with van der Waals surface area (Å²) in [6.45, 7) is 4.59. The Morgan fingerprint density at radius 2 is 2.04 bits per heavy atom. The summed E-state index contributed by atoms with van der Waals surface area (Å²) in [7, 11) is 0. The molecule has 27 heavy (non-hydrogen) atoms. The standard InChI is InChI=1S/C19H21N7O/c1-13-8-16(10-20-9-13)18(27)25(11-15-4-5-15)14(2)17-23-12-24-26(17)19-21-6-3-7-22-19/h3,6-10,12,14-15H,4-5,11H2,1-2H3. The van der Waals surface area contributed by atoms with Crippen LogP contribution in [-0.2, 0) is 0 Å². The first-order chi connectivity index (χ1) is 13.1. The van der Waals surface area contributed by atoms with Crippen molar-refractivity contribution in [1.29, 1.82) is 0 Å². The molecule has 1 unspecified atom stereocenters. The first-order valence-corrected chi connectivity index (χ1v) is 9.03. The third kappa shape index (κ3) is 3.69. The Kier molecular flexibility index (Phi) is 4.62. The van der Waals surface area contributed by atoms with Gasteiger partial charge in [-0.15, -0.1) is 0 Å². The molecule has 3 heterocycles. The van der Waals surface area contributed by atoms with Gasteiger partial charge < -0.3 is 4.90 Å². The Morgan fingerprint density at radius 3 is 2.74 bits per heavy atom. The van der Waals surface area contributed by atoms with Gasteiger partial charge in [-0.2, -0.15) is 9.78 Å². The van der Waals surface area contributed by atoms with Gasteiger partial charge in [-0.25, -0.2) is 15.0 Å². The van der Waals surface area contributed by atoms with Crippen molar-refractivity contribution in [2.45, 2.75) is 32.7 Å². The Morgan fingerprint density at radius 1 is 1.26 bits per heavy atom. The van der Waals surface area contributed by atoms with E-state index in [1.165, 1.54) is 6.33 Å². The molecule has 3 aromatic heterocycles. The summed E-state index contributed by atoms with van der Waals surface area (Å²) >= 11 is 0. The summed E-state index contributed by atoms with van der Waals surface area (Å²) < 4.78 is 1.59. The molecular formula is C19H21N7O. The van der Waals surface area contributed by atoms with E-state index in [-0.39, 0.29) is 11.9 Å². The fraction of sp³-hybridized carbons (Fsp3) is 0.368. The van der Waals surface area contributed by atoms with E-state index >= 15 is 0 Å². The van der Waals surface area contributed by atoms with E-state index in [0.717, 1.165) is 18.4 Å². The van der Waals surface area contributed by atoms with Crippen molar-refractivity contribution >= 4 is 5.91 Å². The van der Waals surface area contributed by atoms with Gasteiger partial charge >= 0.3 is 0 Å². The lowest BCUT2D eigenvalue weighted by Crippen LogP contribution is -2.36. The minimum atomic E-state index is -0.273. The van der Waals surface area contributed by atoms with Crippen molar-refractivity contribution in [3.8, 4) is 5.95 Å². The lowest BCUT2D eigenvalue weighted by Gasteiger charge is -2.29. The summed E-state index contributed by atoms with van der Waals surface area (Å²) in [6.07, 6.45) is 10.4. The lowest BCUT2D eigenvalue weighted by atomic mass is 10.1. The van der Waals surface area contributed by atoms with Gasteiger partial charge in [-0.05, 0) is 50.3 Å². The van der Waals surface area contributed by atoms with E-state index in [1.54, 1.807) is 35.5 Å². The normalized spacial score (nSPS) is 14.7. The van der Waals surface area contributed by atoms with E-state index in [2.05, 4.69) is 25.0 Å². The molecule has 4 rings (SSSR count). The molecule has 1 aliphatic rings. The maximum atomic E-state index is 13.2. The van der Waals surface area contributed by atoms with E-state index < -0.39 is 0 Å². The number of aromatic nitrogens is 6. The molecular weight excluding hydrogens is 342 g/mol. The zero-order valence-electron chi connectivity index (χ0n) is 15.4.